The number of ketones is 2. The number of hydrogen-bond donors (Lipinski definition) is 1. The summed E-state index contributed by atoms with van der Waals surface area (Å²) in [5, 5.41) is 11.3. The molecule has 0 aliphatic heterocycles. The molecule has 158 valence electrons. The van der Waals surface area contributed by atoms with Gasteiger partial charge in [0.15, 0.2) is 17.7 Å². The van der Waals surface area contributed by atoms with Crippen LogP contribution in [0.2, 0.25) is 0 Å². The van der Waals surface area contributed by atoms with Gasteiger partial charge >= 0.3 is 0 Å². The van der Waals surface area contributed by atoms with Crippen LogP contribution in [-0.2, 0) is 14.4 Å². The lowest BCUT2D eigenvalue weighted by Gasteiger charge is -2.63. The number of aldehydes is 1. The quantitative estimate of drug-likeness (QED) is 0.333. The second-order valence-electron chi connectivity index (χ2n) is 9.70. The van der Waals surface area contributed by atoms with Gasteiger partial charge in [-0.1, -0.05) is 57.4 Å². The van der Waals surface area contributed by atoms with Crippen LogP contribution >= 0.6 is 31.9 Å². The van der Waals surface area contributed by atoms with Crippen LogP contribution in [0.4, 0.5) is 4.39 Å². The molecule has 9 atom stereocenters. The fourth-order valence-corrected chi connectivity index (χ4v) is 8.91. The van der Waals surface area contributed by atoms with Gasteiger partial charge in [-0.05, 0) is 55.6 Å². The molecule has 0 saturated heterocycles. The third-order valence-corrected chi connectivity index (χ3v) is 11.6. The van der Waals surface area contributed by atoms with Crippen molar-refractivity contribution in [2.75, 3.05) is 0 Å². The minimum atomic E-state index is -1.99. The minimum absolute atomic E-state index is 0.0597. The van der Waals surface area contributed by atoms with Crippen LogP contribution in [0.1, 0.15) is 40.0 Å². The molecule has 0 aromatic carbocycles. The van der Waals surface area contributed by atoms with Gasteiger partial charge in [-0.15, -0.1) is 0 Å². The Morgan fingerprint density at radius 1 is 1.38 bits per heavy atom. The van der Waals surface area contributed by atoms with Crippen molar-refractivity contribution in [3.05, 3.63) is 23.8 Å². The summed E-state index contributed by atoms with van der Waals surface area (Å²) in [6.45, 7) is 5.56. The van der Waals surface area contributed by atoms with Gasteiger partial charge in [0.2, 0.25) is 5.78 Å². The summed E-state index contributed by atoms with van der Waals surface area (Å²) in [6, 6.07) is 0. The van der Waals surface area contributed by atoms with E-state index in [1.165, 1.54) is 12.2 Å². The zero-order valence-corrected chi connectivity index (χ0v) is 19.8. The van der Waals surface area contributed by atoms with Crippen LogP contribution in [0.3, 0.4) is 0 Å². The highest BCUT2D eigenvalue weighted by molar-refractivity contribution is 9.10. The van der Waals surface area contributed by atoms with Gasteiger partial charge < -0.3 is 5.11 Å². The molecule has 0 heterocycles. The summed E-state index contributed by atoms with van der Waals surface area (Å²) in [6.07, 6.45) is 4.61. The highest BCUT2D eigenvalue weighted by atomic mass is 79.9. The number of carbonyl (C=O) groups is 3. The second kappa shape index (κ2) is 6.42. The standard InChI is InChI=1S/C22H25Br2FO4/c1-11-6-14-18-15(23)8-12-7-13(27)4-5-19(12,2)22(18,25)16(28)9-20(14,3)21(11,24)17(29)10-26/h4-5,7,10-11,14-16,18,28H,6,8-9H2,1-3H3/t11?,14-,15?,16?,18+,19-,20-,21-,22+/m0/s1. The number of rotatable bonds is 2. The molecule has 3 fully saturated rings. The smallest absolute Gasteiger partial charge is 0.212 e. The third-order valence-electron chi connectivity index (χ3n) is 8.59. The highest BCUT2D eigenvalue weighted by Crippen LogP contribution is 2.72. The zero-order valence-electron chi connectivity index (χ0n) is 16.6. The predicted molar refractivity (Wildman–Crippen MR) is 114 cm³/mol. The first-order chi connectivity index (χ1) is 13.4. The van der Waals surface area contributed by atoms with Crippen molar-refractivity contribution in [1.82, 2.24) is 0 Å². The first-order valence-corrected chi connectivity index (χ1v) is 11.7. The van der Waals surface area contributed by atoms with Crippen molar-refractivity contribution in [2.45, 2.75) is 61.0 Å². The van der Waals surface area contributed by atoms with Gasteiger partial charge in [0.05, 0.1) is 10.4 Å². The third kappa shape index (κ3) is 2.35. The van der Waals surface area contributed by atoms with E-state index in [2.05, 4.69) is 31.9 Å². The average Bonchev–Trinajstić information content (AvgIpc) is 2.85. The Kier molecular flexibility index (Phi) is 4.78. The van der Waals surface area contributed by atoms with Gasteiger partial charge in [-0.25, -0.2) is 4.39 Å². The van der Waals surface area contributed by atoms with Gasteiger partial charge in [-0.3, -0.25) is 14.4 Å². The number of fused-ring (bicyclic) bond motifs is 5. The molecule has 3 unspecified atom stereocenters. The lowest BCUT2D eigenvalue weighted by Crippen LogP contribution is -2.70. The summed E-state index contributed by atoms with van der Waals surface area (Å²) in [4.78, 5) is 35.8. The van der Waals surface area contributed by atoms with Crippen LogP contribution < -0.4 is 0 Å². The molecule has 4 rings (SSSR count). The van der Waals surface area contributed by atoms with Crippen LogP contribution in [-0.4, -0.2) is 43.9 Å². The van der Waals surface area contributed by atoms with E-state index in [1.54, 1.807) is 13.0 Å². The first kappa shape index (κ1) is 21.6. The van der Waals surface area contributed by atoms with Gasteiger partial charge in [0.25, 0.3) is 0 Å². The van der Waals surface area contributed by atoms with Crippen LogP contribution in [0, 0.1) is 28.6 Å². The Morgan fingerprint density at radius 2 is 2.03 bits per heavy atom. The van der Waals surface area contributed by atoms with E-state index in [0.29, 0.717) is 24.7 Å². The molecule has 0 spiro atoms. The van der Waals surface area contributed by atoms with Gasteiger partial charge in [0.1, 0.15) is 0 Å². The Labute approximate surface area is 186 Å². The van der Waals surface area contributed by atoms with Gasteiger partial charge in [0, 0.05) is 16.2 Å². The maximum Gasteiger partial charge on any atom is 0.212 e. The summed E-state index contributed by atoms with van der Waals surface area (Å²) < 4.78 is 16.0. The van der Waals surface area contributed by atoms with E-state index in [4.69, 9.17) is 0 Å². The lowest BCUT2D eigenvalue weighted by atomic mass is 9.45. The Morgan fingerprint density at radius 3 is 2.66 bits per heavy atom. The SMILES string of the molecule is CC1C[C@H]2[C@@H]3C(Br)CC4=CC(=O)C=C[C@]4(C)[C@@]3(F)C(O)C[C@]2(C)[C@@]1(Br)C(=O)C=O. The fourth-order valence-electron chi connectivity index (χ4n) is 7.07. The van der Waals surface area contributed by atoms with E-state index >= 15 is 4.39 Å². The van der Waals surface area contributed by atoms with Crippen molar-refractivity contribution in [3.63, 3.8) is 0 Å². The van der Waals surface area contributed by atoms with Crippen LogP contribution in [0.5, 0.6) is 0 Å². The van der Waals surface area contributed by atoms with Crippen molar-refractivity contribution < 1.29 is 23.9 Å². The number of carbonyl (C=O) groups excluding carboxylic acids is 3. The van der Waals surface area contributed by atoms with E-state index < -0.39 is 38.6 Å². The fraction of sp³-hybridized carbons (Fsp3) is 0.682. The van der Waals surface area contributed by atoms with Crippen molar-refractivity contribution in [3.8, 4) is 0 Å². The van der Waals surface area contributed by atoms with Crippen LogP contribution in [0.25, 0.3) is 0 Å². The summed E-state index contributed by atoms with van der Waals surface area (Å²) in [5.74, 6) is -1.69. The molecule has 3 saturated carbocycles. The minimum Gasteiger partial charge on any atom is -0.390 e. The number of alkyl halides is 3. The number of allylic oxidation sites excluding steroid dienone is 4. The summed E-state index contributed by atoms with van der Waals surface area (Å²) >= 11 is 7.28. The van der Waals surface area contributed by atoms with Crippen molar-refractivity contribution in [1.29, 1.82) is 0 Å². The Balaban J connectivity index is 1.89. The molecular formula is C22H25Br2FO4. The molecule has 29 heavy (non-hydrogen) atoms. The lowest BCUT2D eigenvalue weighted by molar-refractivity contribution is -0.190. The second-order valence-corrected chi connectivity index (χ2v) is 12.1. The maximum absolute atomic E-state index is 17.1. The van der Waals surface area contributed by atoms with E-state index in [9.17, 15) is 19.5 Å². The molecular weight excluding hydrogens is 507 g/mol. The normalized spacial score (nSPS) is 53.6. The van der Waals surface area contributed by atoms with E-state index in [0.717, 1.165) is 0 Å². The average molecular weight is 532 g/mol. The first-order valence-electron chi connectivity index (χ1n) is 10.0. The number of aliphatic hydroxyl groups is 1. The number of aliphatic hydroxyl groups excluding tert-OH is 1. The molecule has 0 radical (unpaired) electrons. The molecule has 7 heteroatoms. The molecule has 0 aromatic rings. The number of Topliss-reactive ketones (excluding diaryl/α,β-unsaturated/α-hetero) is 1. The van der Waals surface area contributed by atoms with Crippen molar-refractivity contribution >= 4 is 49.7 Å². The molecule has 4 aliphatic rings. The molecule has 0 amide bonds. The molecule has 4 nitrogen and oxygen atoms in total. The molecule has 1 N–H and O–H groups in total. The monoisotopic (exact) mass is 530 g/mol. The number of halogens is 3. The highest BCUT2D eigenvalue weighted by Gasteiger charge is 2.76. The van der Waals surface area contributed by atoms with Crippen molar-refractivity contribution in [2.24, 2.45) is 28.6 Å². The van der Waals surface area contributed by atoms with E-state index in [-0.39, 0.29) is 28.9 Å². The summed E-state index contributed by atoms with van der Waals surface area (Å²) in [7, 11) is 0. The Bertz CT molecular complexity index is 871. The largest absolute Gasteiger partial charge is 0.390 e. The summed E-state index contributed by atoms with van der Waals surface area (Å²) in [5.41, 5.74) is -3.17. The molecule has 0 bridgehead atoms. The predicted octanol–water partition coefficient (Wildman–Crippen LogP) is 3.88. The van der Waals surface area contributed by atoms with Crippen LogP contribution in [0.15, 0.2) is 23.8 Å². The zero-order chi connectivity index (χ0) is 21.6. The Hall–Kier alpha value is -0.660. The van der Waals surface area contributed by atoms with Gasteiger partial charge in [-0.2, -0.15) is 0 Å². The topological polar surface area (TPSA) is 71.4 Å². The number of hydrogen-bond acceptors (Lipinski definition) is 4. The molecule has 0 aromatic heterocycles. The van der Waals surface area contributed by atoms with E-state index in [1.807, 2.05) is 13.8 Å². The molecule has 4 aliphatic carbocycles. The maximum atomic E-state index is 17.1.